The van der Waals surface area contributed by atoms with E-state index in [1.807, 2.05) is 53.7 Å². The number of nitrogens with zero attached hydrogens (tertiary/aromatic N) is 3. The van der Waals surface area contributed by atoms with E-state index in [0.29, 0.717) is 16.5 Å². The Morgan fingerprint density at radius 2 is 1.46 bits per heavy atom. The van der Waals surface area contributed by atoms with E-state index in [1.54, 1.807) is 6.20 Å². The van der Waals surface area contributed by atoms with Gasteiger partial charge < -0.3 is 9.69 Å². The Morgan fingerprint density at radius 1 is 0.958 bits per heavy atom. The molecule has 2 aromatic rings. The van der Waals surface area contributed by atoms with E-state index in [4.69, 9.17) is 4.79 Å². The third-order valence-electron chi connectivity index (χ3n) is 6.30. The van der Waals surface area contributed by atoms with Crippen molar-refractivity contribution in [1.82, 2.24) is 9.88 Å². The quantitative estimate of drug-likeness (QED) is 0.165. The van der Waals surface area contributed by atoms with Gasteiger partial charge in [-0.2, -0.15) is 3.89 Å². The number of carbonyl (C=O) groups is 1. The van der Waals surface area contributed by atoms with Crippen LogP contribution in [0.3, 0.4) is 0 Å². The minimum absolute atomic E-state index is 0.212. The first-order chi connectivity index (χ1) is 23.1. The number of aliphatic imine (C=N–C) groups is 1. The molecule has 6 heteroatoms. The van der Waals surface area contributed by atoms with Crippen LogP contribution in [0.4, 0.5) is 3.89 Å². The van der Waals surface area contributed by atoms with Gasteiger partial charge in [-0.3, -0.25) is 9.98 Å². The normalized spacial score (nSPS) is 12.2. The smallest absolute Gasteiger partial charge is 0.106 e. The lowest BCUT2D eigenvalue weighted by atomic mass is 9.91. The standard InChI is InChI=1S/C16H25FN2S.C8H10.C7H9N.C4H10.2C2H6.C2H4.CH2O/c1-6-16(20-17)13(4)18-15(11-12(2)3)14-7-9-19(5)10-8-14;1-7-4-3-5-8(2)6-7;1-2-7-4-3-5-8-6-7;1-3-4-2;4*1-2/h6,11,14H,1,7-10H2,2-5H3;3-6H,1-2H3;3-6H,2H2,1H3;3-4H2,1-2H3;2*1-2H3;1-2H2;1H2/b16-13-,18-15?;;;;;;;. The zero-order valence-electron chi connectivity index (χ0n) is 33.2. The van der Waals surface area contributed by atoms with Crippen LogP contribution in [-0.4, -0.2) is 42.5 Å². The van der Waals surface area contributed by atoms with Crippen molar-refractivity contribution in [2.75, 3.05) is 20.1 Å². The number of hydrogen-bond donors (Lipinski definition) is 0. The molecule has 274 valence electrons. The molecule has 1 aliphatic rings. The Morgan fingerprint density at radius 3 is 1.75 bits per heavy atom. The number of halogens is 1. The van der Waals surface area contributed by atoms with Gasteiger partial charge in [0, 0.05) is 24.0 Å². The van der Waals surface area contributed by atoms with Crippen LogP contribution in [0, 0.1) is 19.8 Å². The lowest BCUT2D eigenvalue weighted by Crippen LogP contribution is -2.33. The average Bonchev–Trinajstić information content (AvgIpc) is 3.13. The summed E-state index contributed by atoms with van der Waals surface area (Å²) in [7, 11) is 2.15. The second kappa shape index (κ2) is 41.9. The van der Waals surface area contributed by atoms with Crippen LogP contribution in [0.15, 0.2) is 102 Å². The Balaban J connectivity index is -0.000000182. The van der Waals surface area contributed by atoms with Crippen molar-refractivity contribution in [1.29, 1.82) is 0 Å². The molecular weight excluding hydrogens is 614 g/mol. The minimum atomic E-state index is 0.212. The number of pyridine rings is 1. The fourth-order valence-electron chi connectivity index (χ4n) is 3.74. The Kier molecular flexibility index (Phi) is 47.5. The van der Waals surface area contributed by atoms with E-state index < -0.39 is 0 Å². The maximum absolute atomic E-state index is 12.8. The second-order valence-electron chi connectivity index (χ2n) is 10.4. The number of rotatable bonds is 7. The number of hydrogen-bond acceptors (Lipinski definition) is 5. The molecule has 0 unspecified atom stereocenters. The van der Waals surface area contributed by atoms with Gasteiger partial charge in [-0.25, -0.2) is 0 Å². The summed E-state index contributed by atoms with van der Waals surface area (Å²) in [6, 6.07) is 12.5. The van der Waals surface area contributed by atoms with E-state index in [-0.39, 0.29) is 12.1 Å². The van der Waals surface area contributed by atoms with Crippen molar-refractivity contribution < 1.29 is 8.68 Å². The zero-order valence-corrected chi connectivity index (χ0v) is 34.0. The number of carbonyl (C=O) groups excluding carboxylic acids is 1. The molecule has 1 aromatic heterocycles. The Bertz CT molecular complexity index is 1050. The highest BCUT2D eigenvalue weighted by Crippen LogP contribution is 2.25. The largest absolute Gasteiger partial charge is 0.307 e. The van der Waals surface area contributed by atoms with Gasteiger partial charge in [0.05, 0.1) is 22.8 Å². The molecule has 0 bridgehead atoms. The van der Waals surface area contributed by atoms with Gasteiger partial charge in [0.2, 0.25) is 0 Å². The van der Waals surface area contributed by atoms with Crippen LogP contribution in [-0.2, 0) is 11.2 Å². The predicted molar refractivity (Wildman–Crippen MR) is 220 cm³/mol. The summed E-state index contributed by atoms with van der Waals surface area (Å²) in [5, 5.41) is 0. The van der Waals surface area contributed by atoms with Crippen LogP contribution in [0.25, 0.3) is 0 Å². The number of unbranched alkanes of at least 4 members (excludes halogenated alkanes) is 1. The van der Waals surface area contributed by atoms with Crippen LogP contribution in [0.5, 0.6) is 0 Å². The summed E-state index contributed by atoms with van der Waals surface area (Å²) in [5.74, 6) is 0.465. The molecule has 1 saturated heterocycles. The molecule has 0 atom stereocenters. The van der Waals surface area contributed by atoms with Gasteiger partial charge >= 0.3 is 0 Å². The van der Waals surface area contributed by atoms with Crippen LogP contribution in [0.2, 0.25) is 0 Å². The summed E-state index contributed by atoms with van der Waals surface area (Å²) in [6.45, 7) is 38.5. The van der Waals surface area contributed by atoms with Gasteiger partial charge in [-0.15, -0.1) is 13.2 Å². The average molecular weight is 686 g/mol. The summed E-state index contributed by atoms with van der Waals surface area (Å²) in [5.41, 5.74) is 6.98. The third kappa shape index (κ3) is 32.8. The molecule has 1 aromatic carbocycles. The molecule has 0 aliphatic carbocycles. The zero-order chi connectivity index (χ0) is 38.3. The molecule has 0 N–H and O–H groups in total. The van der Waals surface area contributed by atoms with E-state index >= 15 is 0 Å². The van der Waals surface area contributed by atoms with Crippen LogP contribution < -0.4 is 0 Å². The van der Waals surface area contributed by atoms with E-state index in [9.17, 15) is 3.89 Å². The first kappa shape index (κ1) is 54.4. The molecule has 48 heavy (non-hydrogen) atoms. The van der Waals surface area contributed by atoms with Crippen molar-refractivity contribution in [2.45, 2.75) is 115 Å². The molecule has 1 aliphatic heterocycles. The Labute approximate surface area is 302 Å². The summed E-state index contributed by atoms with van der Waals surface area (Å²) >= 11 is 0.212. The van der Waals surface area contributed by atoms with Crippen molar-refractivity contribution in [2.24, 2.45) is 10.9 Å². The van der Waals surface area contributed by atoms with Crippen molar-refractivity contribution >= 4 is 24.6 Å². The van der Waals surface area contributed by atoms with Crippen molar-refractivity contribution in [3.63, 3.8) is 0 Å². The molecule has 1 fully saturated rings. The number of piperidine rings is 1. The number of benzene rings is 1. The van der Waals surface area contributed by atoms with Crippen LogP contribution >= 0.6 is 12.1 Å². The highest BCUT2D eigenvalue weighted by atomic mass is 32.2. The molecular formula is C42H72FN3OS. The van der Waals surface area contributed by atoms with E-state index in [2.05, 4.69) is 127 Å². The van der Waals surface area contributed by atoms with Gasteiger partial charge in [-0.05, 0) is 91.7 Å². The van der Waals surface area contributed by atoms with Gasteiger partial charge in [0.15, 0.2) is 0 Å². The number of aromatic nitrogens is 1. The molecule has 3 rings (SSSR count). The predicted octanol–water partition coefficient (Wildman–Crippen LogP) is 13.2. The first-order valence-corrected chi connectivity index (χ1v) is 18.1. The highest BCUT2D eigenvalue weighted by Gasteiger charge is 2.20. The SMILES string of the molecule is C=C.C=C/C(SF)=C(\C)N=C(C=C(C)C)C1CCN(C)CC1.C=O.CC.CC.CCCC.CCc1cccnc1.Cc1cccc(C)c1. The topological polar surface area (TPSA) is 45.6 Å². The molecule has 0 radical (unpaired) electrons. The molecule has 0 spiro atoms. The minimum Gasteiger partial charge on any atom is -0.307 e. The van der Waals surface area contributed by atoms with Crippen molar-refractivity contribution in [3.05, 3.63) is 114 Å². The van der Waals surface area contributed by atoms with E-state index in [0.717, 1.165) is 38.1 Å². The fraction of sp³-hybridized carbons (Fsp3) is 0.500. The lowest BCUT2D eigenvalue weighted by molar-refractivity contribution is -0.0980. The molecule has 0 amide bonds. The number of allylic oxidation sites excluding steroid dienone is 4. The summed E-state index contributed by atoms with van der Waals surface area (Å²) < 4.78 is 12.8. The maximum atomic E-state index is 12.8. The van der Waals surface area contributed by atoms with Gasteiger partial charge in [0.1, 0.15) is 6.79 Å². The lowest BCUT2D eigenvalue weighted by Gasteiger charge is -2.29. The fourth-order valence-corrected chi connectivity index (χ4v) is 3.96. The summed E-state index contributed by atoms with van der Waals surface area (Å²) in [4.78, 5) is 19.5. The van der Waals surface area contributed by atoms with E-state index in [1.165, 1.54) is 41.2 Å². The van der Waals surface area contributed by atoms with Gasteiger partial charge in [-0.1, -0.05) is 121 Å². The summed E-state index contributed by atoms with van der Waals surface area (Å²) in [6.07, 6.45) is 13.3. The second-order valence-corrected chi connectivity index (χ2v) is 11.0. The molecule has 2 heterocycles. The van der Waals surface area contributed by atoms with Crippen LogP contribution in [0.1, 0.15) is 112 Å². The molecule has 0 saturated carbocycles. The van der Waals surface area contributed by atoms with Gasteiger partial charge in [0.25, 0.3) is 0 Å². The monoisotopic (exact) mass is 686 g/mol. The maximum Gasteiger partial charge on any atom is 0.106 e. The highest BCUT2D eigenvalue weighted by molar-refractivity contribution is 7.98. The first-order valence-electron chi connectivity index (χ1n) is 17.4. The van der Waals surface area contributed by atoms with Crippen molar-refractivity contribution in [3.8, 4) is 0 Å². The number of likely N-dealkylation sites (tertiary alicyclic amines) is 1. The third-order valence-corrected chi connectivity index (χ3v) is 6.93. The molecule has 4 nitrogen and oxygen atoms in total. The number of aryl methyl sites for hydroxylation is 3. The Hall–Kier alpha value is -3.09.